The van der Waals surface area contributed by atoms with Gasteiger partial charge in [-0.1, -0.05) is 11.6 Å². The second kappa shape index (κ2) is 7.45. The fourth-order valence-electron chi connectivity index (χ4n) is 3.34. The van der Waals surface area contributed by atoms with Gasteiger partial charge in [-0.25, -0.2) is 9.59 Å². The summed E-state index contributed by atoms with van der Waals surface area (Å²) in [6.07, 6.45) is -0.609. The Bertz CT molecular complexity index is 656. The summed E-state index contributed by atoms with van der Waals surface area (Å²) < 4.78 is 16.8. The standard InChI is InChI=1S/C19H24ClNO5/c1-19(2,3)26-18(23)21-8-13-10-24-11-14(9-21)16(13)25-17(22)12-4-6-15(20)7-5-12/h4-7,13-14,16H,8-11H2,1-3H3/t13-,14+,16?. The van der Waals surface area contributed by atoms with E-state index in [1.807, 2.05) is 20.8 Å². The van der Waals surface area contributed by atoms with Crippen molar-refractivity contribution in [3.05, 3.63) is 34.9 Å². The molecule has 142 valence electrons. The lowest BCUT2D eigenvalue weighted by molar-refractivity contribution is -0.126. The summed E-state index contributed by atoms with van der Waals surface area (Å²) in [6, 6.07) is 6.61. The number of benzene rings is 1. The Morgan fingerprint density at radius 3 is 2.23 bits per heavy atom. The number of piperidine rings is 1. The summed E-state index contributed by atoms with van der Waals surface area (Å²) in [4.78, 5) is 26.5. The number of halogens is 1. The average molecular weight is 382 g/mol. The number of hydrogen-bond donors (Lipinski definition) is 0. The van der Waals surface area contributed by atoms with Gasteiger partial charge in [0, 0.05) is 29.9 Å². The smallest absolute Gasteiger partial charge is 0.410 e. The van der Waals surface area contributed by atoms with Gasteiger partial charge in [-0.15, -0.1) is 0 Å². The van der Waals surface area contributed by atoms with E-state index in [4.69, 9.17) is 25.8 Å². The molecule has 2 bridgehead atoms. The Morgan fingerprint density at radius 2 is 1.69 bits per heavy atom. The van der Waals surface area contributed by atoms with E-state index in [0.717, 1.165) is 0 Å². The second-order valence-electron chi connectivity index (χ2n) is 7.82. The van der Waals surface area contributed by atoms with Gasteiger partial charge < -0.3 is 19.1 Å². The summed E-state index contributed by atoms with van der Waals surface area (Å²) in [5.74, 6) is -0.508. The topological polar surface area (TPSA) is 65.1 Å². The molecule has 0 aliphatic carbocycles. The highest BCUT2D eigenvalue weighted by Gasteiger charge is 2.45. The monoisotopic (exact) mass is 381 g/mol. The minimum atomic E-state index is -0.541. The van der Waals surface area contributed by atoms with E-state index >= 15 is 0 Å². The van der Waals surface area contributed by atoms with Crippen molar-refractivity contribution >= 4 is 23.7 Å². The molecule has 2 heterocycles. The quantitative estimate of drug-likeness (QED) is 0.735. The summed E-state index contributed by atoms with van der Waals surface area (Å²) >= 11 is 5.86. The van der Waals surface area contributed by atoms with Crippen LogP contribution >= 0.6 is 11.6 Å². The number of carbonyl (C=O) groups excluding carboxylic acids is 2. The van der Waals surface area contributed by atoms with Gasteiger partial charge in [0.15, 0.2) is 0 Å². The third-order valence-corrected chi connectivity index (χ3v) is 4.73. The normalized spacial score (nSPS) is 25.5. The Labute approximate surface area is 158 Å². The van der Waals surface area contributed by atoms with Crippen molar-refractivity contribution in [3.8, 4) is 0 Å². The first-order chi connectivity index (χ1) is 12.2. The lowest BCUT2D eigenvalue weighted by Gasteiger charge is -2.46. The summed E-state index contributed by atoms with van der Waals surface area (Å²) in [6.45, 7) is 7.33. The number of rotatable bonds is 2. The number of nitrogens with zero attached hydrogens (tertiary/aromatic N) is 1. The third-order valence-electron chi connectivity index (χ3n) is 4.48. The van der Waals surface area contributed by atoms with Gasteiger partial charge in [0.1, 0.15) is 11.7 Å². The largest absolute Gasteiger partial charge is 0.458 e. The number of ether oxygens (including phenoxy) is 3. The van der Waals surface area contributed by atoms with E-state index in [1.54, 1.807) is 29.2 Å². The van der Waals surface area contributed by atoms with Crippen LogP contribution in [0.1, 0.15) is 31.1 Å². The number of fused-ring (bicyclic) bond motifs is 2. The molecule has 1 amide bonds. The maximum absolute atomic E-state index is 12.4. The van der Waals surface area contributed by atoms with Crippen LogP contribution < -0.4 is 0 Å². The predicted octanol–water partition coefficient (Wildman–Crippen LogP) is 3.38. The molecule has 0 spiro atoms. The highest BCUT2D eigenvalue weighted by molar-refractivity contribution is 6.30. The van der Waals surface area contributed by atoms with Crippen LogP contribution in [0.15, 0.2) is 24.3 Å². The van der Waals surface area contributed by atoms with Gasteiger partial charge >= 0.3 is 12.1 Å². The molecule has 6 nitrogen and oxygen atoms in total. The number of likely N-dealkylation sites (tertiary alicyclic amines) is 1. The first kappa shape index (κ1) is 19.0. The molecule has 1 aromatic rings. The number of hydrogen-bond acceptors (Lipinski definition) is 5. The molecule has 7 heteroatoms. The van der Waals surface area contributed by atoms with Crippen molar-refractivity contribution in [3.63, 3.8) is 0 Å². The summed E-state index contributed by atoms with van der Waals surface area (Å²) in [5, 5.41) is 0.567. The molecule has 2 saturated heterocycles. The second-order valence-corrected chi connectivity index (χ2v) is 8.26. The fraction of sp³-hybridized carbons (Fsp3) is 0.579. The van der Waals surface area contributed by atoms with Crippen LogP contribution in [-0.4, -0.2) is 55.0 Å². The van der Waals surface area contributed by atoms with Gasteiger partial charge in [-0.2, -0.15) is 0 Å². The van der Waals surface area contributed by atoms with Crippen LogP contribution in [0.25, 0.3) is 0 Å². The highest BCUT2D eigenvalue weighted by Crippen LogP contribution is 2.31. The molecule has 0 radical (unpaired) electrons. The van der Waals surface area contributed by atoms with Crippen LogP contribution in [0.5, 0.6) is 0 Å². The van der Waals surface area contributed by atoms with Gasteiger partial charge in [0.05, 0.1) is 18.8 Å². The molecule has 1 unspecified atom stereocenters. The van der Waals surface area contributed by atoms with E-state index in [2.05, 4.69) is 0 Å². The third kappa shape index (κ3) is 4.48. The summed E-state index contributed by atoms with van der Waals surface area (Å²) in [7, 11) is 0. The first-order valence-electron chi connectivity index (χ1n) is 8.75. The maximum Gasteiger partial charge on any atom is 0.410 e. The highest BCUT2D eigenvalue weighted by atomic mass is 35.5. The van der Waals surface area contributed by atoms with Crippen LogP contribution in [0.3, 0.4) is 0 Å². The molecule has 3 rings (SSSR count). The first-order valence-corrected chi connectivity index (χ1v) is 9.13. The van der Waals surface area contributed by atoms with E-state index in [0.29, 0.717) is 36.9 Å². The molecule has 26 heavy (non-hydrogen) atoms. The van der Waals surface area contributed by atoms with Crippen molar-refractivity contribution < 1.29 is 23.8 Å². The van der Waals surface area contributed by atoms with E-state index < -0.39 is 5.60 Å². The Balaban J connectivity index is 1.66. The number of esters is 1. The van der Waals surface area contributed by atoms with Gasteiger partial charge in [0.25, 0.3) is 0 Å². The summed E-state index contributed by atoms with van der Waals surface area (Å²) in [5.41, 5.74) is -0.0800. The Kier molecular flexibility index (Phi) is 5.44. The zero-order valence-electron chi connectivity index (χ0n) is 15.2. The molecular weight excluding hydrogens is 358 g/mol. The number of carbonyl (C=O) groups is 2. The van der Waals surface area contributed by atoms with Gasteiger partial charge in [0.2, 0.25) is 0 Å². The molecule has 0 N–H and O–H groups in total. The minimum Gasteiger partial charge on any atom is -0.458 e. The predicted molar refractivity (Wildman–Crippen MR) is 96.3 cm³/mol. The van der Waals surface area contributed by atoms with Crippen LogP contribution in [-0.2, 0) is 14.2 Å². The molecule has 3 atom stereocenters. The maximum atomic E-state index is 12.4. The van der Waals surface area contributed by atoms with E-state index in [9.17, 15) is 9.59 Å². The molecular formula is C19H24ClNO5. The Hall–Kier alpha value is -1.79. The molecule has 0 saturated carbocycles. The minimum absolute atomic E-state index is 0.0636. The van der Waals surface area contributed by atoms with Crippen molar-refractivity contribution in [1.29, 1.82) is 0 Å². The fourth-order valence-corrected chi connectivity index (χ4v) is 3.47. The SMILES string of the molecule is CC(C)(C)OC(=O)N1C[C@H]2COC[C@@H](C1)C2OC(=O)c1ccc(Cl)cc1. The van der Waals surface area contributed by atoms with Crippen molar-refractivity contribution in [2.45, 2.75) is 32.5 Å². The lowest BCUT2D eigenvalue weighted by atomic mass is 9.84. The molecule has 1 aromatic carbocycles. The van der Waals surface area contributed by atoms with Crippen molar-refractivity contribution in [1.82, 2.24) is 4.90 Å². The lowest BCUT2D eigenvalue weighted by Crippen LogP contribution is -2.58. The molecule has 0 aromatic heterocycles. The van der Waals surface area contributed by atoms with Gasteiger partial charge in [-0.05, 0) is 45.0 Å². The van der Waals surface area contributed by atoms with E-state index in [-0.39, 0.29) is 30.0 Å². The number of amides is 1. The van der Waals surface area contributed by atoms with Crippen LogP contribution in [0, 0.1) is 11.8 Å². The Morgan fingerprint density at radius 1 is 1.12 bits per heavy atom. The zero-order chi connectivity index (χ0) is 18.9. The van der Waals surface area contributed by atoms with Gasteiger partial charge in [-0.3, -0.25) is 0 Å². The molecule has 2 aliphatic heterocycles. The van der Waals surface area contributed by atoms with Crippen molar-refractivity contribution in [2.75, 3.05) is 26.3 Å². The van der Waals surface area contributed by atoms with Crippen molar-refractivity contribution in [2.24, 2.45) is 11.8 Å². The van der Waals surface area contributed by atoms with Crippen LogP contribution in [0.2, 0.25) is 5.02 Å². The molecule has 2 fully saturated rings. The average Bonchev–Trinajstić information content (AvgIpc) is 2.53. The molecule has 2 aliphatic rings. The van der Waals surface area contributed by atoms with E-state index in [1.165, 1.54) is 0 Å². The zero-order valence-corrected chi connectivity index (χ0v) is 16.0. The van der Waals surface area contributed by atoms with Crippen LogP contribution in [0.4, 0.5) is 4.79 Å².